The molecule has 136 valence electrons. The van der Waals surface area contributed by atoms with Crippen molar-refractivity contribution in [3.8, 4) is 0 Å². The number of nitrogens with two attached hydrogens (primary N) is 1. The van der Waals surface area contributed by atoms with E-state index in [1.807, 2.05) is 6.92 Å². The molecule has 2 aromatic carbocycles. The Balaban J connectivity index is 1.92. The number of nitrogens with one attached hydrogen (secondary N) is 2. The van der Waals surface area contributed by atoms with Gasteiger partial charge >= 0.3 is 5.97 Å². The maximum Gasteiger partial charge on any atom is 0.338 e. The minimum absolute atomic E-state index is 0.193. The molecule has 0 bridgehead atoms. The zero-order valence-electron chi connectivity index (χ0n) is 14.0. The van der Waals surface area contributed by atoms with E-state index >= 15 is 0 Å². The first kappa shape index (κ1) is 19.3. The number of rotatable bonds is 6. The number of hydrogen-bond donors (Lipinski definition) is 3. The van der Waals surface area contributed by atoms with Gasteiger partial charge in [0.05, 0.1) is 16.3 Å². The molecule has 0 aliphatic heterocycles. The van der Waals surface area contributed by atoms with E-state index in [0.29, 0.717) is 22.8 Å². The molecule has 4 N–H and O–H groups in total. The van der Waals surface area contributed by atoms with Crippen molar-refractivity contribution in [3.05, 3.63) is 58.6 Å². The number of amides is 2. The van der Waals surface area contributed by atoms with Gasteiger partial charge in [-0.15, -0.1) is 0 Å². The smallest absolute Gasteiger partial charge is 0.338 e. The fourth-order valence-corrected chi connectivity index (χ4v) is 2.20. The van der Waals surface area contributed by atoms with Crippen molar-refractivity contribution >= 4 is 40.8 Å². The lowest BCUT2D eigenvalue weighted by Crippen LogP contribution is -2.23. The van der Waals surface area contributed by atoms with Crippen LogP contribution in [0, 0.1) is 0 Å². The molecule has 2 aromatic rings. The zero-order chi connectivity index (χ0) is 19.1. The van der Waals surface area contributed by atoms with E-state index in [0.717, 1.165) is 0 Å². The highest BCUT2D eigenvalue weighted by molar-refractivity contribution is 6.33. The van der Waals surface area contributed by atoms with Crippen LogP contribution in [0.2, 0.25) is 5.02 Å². The molecule has 0 fully saturated rings. The van der Waals surface area contributed by atoms with Gasteiger partial charge in [0.15, 0.2) is 6.61 Å². The summed E-state index contributed by atoms with van der Waals surface area (Å²) in [5, 5.41) is 5.56. The summed E-state index contributed by atoms with van der Waals surface area (Å²) in [6.45, 7) is 1.83. The monoisotopic (exact) mass is 375 g/mol. The molecule has 8 heteroatoms. The molecule has 0 aliphatic carbocycles. The largest absolute Gasteiger partial charge is 0.452 e. The third-order valence-corrected chi connectivity index (χ3v) is 3.66. The van der Waals surface area contributed by atoms with Gasteiger partial charge in [-0.25, -0.2) is 4.79 Å². The first-order valence-corrected chi connectivity index (χ1v) is 8.18. The molecular formula is C18H18ClN3O4. The molecule has 2 rings (SSSR count). The highest BCUT2D eigenvalue weighted by atomic mass is 35.5. The van der Waals surface area contributed by atoms with Gasteiger partial charge in [-0.1, -0.05) is 17.7 Å². The topological polar surface area (TPSA) is 111 Å². The average Bonchev–Trinajstić information content (AvgIpc) is 2.62. The molecule has 0 unspecified atom stereocenters. The maximum atomic E-state index is 11.9. The van der Waals surface area contributed by atoms with E-state index in [1.54, 1.807) is 18.2 Å². The van der Waals surface area contributed by atoms with Crippen molar-refractivity contribution in [2.24, 2.45) is 0 Å². The Morgan fingerprint density at radius 3 is 2.58 bits per heavy atom. The number of hydrogen-bond acceptors (Lipinski definition) is 5. The van der Waals surface area contributed by atoms with E-state index in [-0.39, 0.29) is 17.2 Å². The number of nitrogen functional groups attached to an aromatic ring is 1. The standard InChI is InChI=1S/C18H18ClN3O4/c1-2-21-17(24)11-4-3-5-13(8-11)22-16(23)10-26-18(25)12-6-7-14(19)15(20)9-12/h3-9H,2,10,20H2,1H3,(H,21,24)(H,22,23). The molecule has 0 saturated heterocycles. The lowest BCUT2D eigenvalue weighted by atomic mass is 10.2. The summed E-state index contributed by atoms with van der Waals surface area (Å²) in [6, 6.07) is 10.7. The molecular weight excluding hydrogens is 358 g/mol. The van der Waals surface area contributed by atoms with Crippen molar-refractivity contribution in [1.82, 2.24) is 5.32 Å². The number of carbonyl (C=O) groups is 3. The summed E-state index contributed by atoms with van der Waals surface area (Å²) < 4.78 is 4.94. The van der Waals surface area contributed by atoms with Gasteiger partial charge in [0.2, 0.25) is 0 Å². The van der Waals surface area contributed by atoms with Crippen molar-refractivity contribution in [1.29, 1.82) is 0 Å². The van der Waals surface area contributed by atoms with Crippen LogP contribution in [0.25, 0.3) is 0 Å². The van der Waals surface area contributed by atoms with Gasteiger partial charge in [0, 0.05) is 17.8 Å². The Kier molecular flexibility index (Phi) is 6.57. The first-order chi connectivity index (χ1) is 12.4. The number of esters is 1. The molecule has 7 nitrogen and oxygen atoms in total. The van der Waals surface area contributed by atoms with Crippen LogP contribution in [0.4, 0.5) is 11.4 Å². The first-order valence-electron chi connectivity index (χ1n) is 7.81. The van der Waals surface area contributed by atoms with Crippen LogP contribution in [0.3, 0.4) is 0 Å². The van der Waals surface area contributed by atoms with Crippen LogP contribution in [0.1, 0.15) is 27.6 Å². The maximum absolute atomic E-state index is 11.9. The van der Waals surface area contributed by atoms with E-state index in [9.17, 15) is 14.4 Å². The molecule has 0 heterocycles. The molecule has 0 spiro atoms. The van der Waals surface area contributed by atoms with Crippen molar-refractivity contribution in [3.63, 3.8) is 0 Å². The molecule has 26 heavy (non-hydrogen) atoms. The predicted molar refractivity (Wildman–Crippen MR) is 99.2 cm³/mol. The third-order valence-electron chi connectivity index (χ3n) is 3.31. The minimum Gasteiger partial charge on any atom is -0.452 e. The molecule has 0 saturated carbocycles. The molecule has 2 amide bonds. The van der Waals surface area contributed by atoms with E-state index < -0.39 is 18.5 Å². The Hall–Kier alpha value is -3.06. The minimum atomic E-state index is -0.695. The Morgan fingerprint density at radius 2 is 1.88 bits per heavy atom. The Morgan fingerprint density at radius 1 is 1.12 bits per heavy atom. The number of carbonyl (C=O) groups excluding carboxylic acids is 3. The number of halogens is 1. The second-order valence-electron chi connectivity index (χ2n) is 5.30. The Labute approximate surface area is 155 Å². The van der Waals surface area contributed by atoms with Gasteiger partial charge in [0.1, 0.15) is 0 Å². The fraction of sp³-hybridized carbons (Fsp3) is 0.167. The SMILES string of the molecule is CCNC(=O)c1cccc(NC(=O)COC(=O)c2ccc(Cl)c(N)c2)c1. The average molecular weight is 376 g/mol. The van der Waals surface area contributed by atoms with Crippen LogP contribution in [-0.4, -0.2) is 30.9 Å². The van der Waals surface area contributed by atoms with Crippen molar-refractivity contribution in [2.75, 3.05) is 24.2 Å². The van der Waals surface area contributed by atoms with Gasteiger partial charge in [-0.3, -0.25) is 9.59 Å². The van der Waals surface area contributed by atoms with Gasteiger partial charge < -0.3 is 21.1 Å². The lowest BCUT2D eigenvalue weighted by Gasteiger charge is -2.09. The second-order valence-corrected chi connectivity index (χ2v) is 5.71. The van der Waals surface area contributed by atoms with Crippen LogP contribution < -0.4 is 16.4 Å². The summed E-state index contributed by atoms with van der Waals surface area (Å²) in [5.74, 6) is -1.47. The van der Waals surface area contributed by atoms with Gasteiger partial charge in [-0.05, 0) is 43.3 Å². The van der Waals surface area contributed by atoms with Crippen LogP contribution >= 0.6 is 11.6 Å². The van der Waals surface area contributed by atoms with Crippen molar-refractivity contribution < 1.29 is 19.1 Å². The normalized spacial score (nSPS) is 10.1. The summed E-state index contributed by atoms with van der Waals surface area (Å²) in [6.07, 6.45) is 0. The summed E-state index contributed by atoms with van der Waals surface area (Å²) >= 11 is 5.79. The quantitative estimate of drug-likeness (QED) is 0.530. The number of benzene rings is 2. The molecule has 0 aromatic heterocycles. The third kappa shape index (κ3) is 5.22. The lowest BCUT2D eigenvalue weighted by molar-refractivity contribution is -0.119. The Bertz CT molecular complexity index is 839. The van der Waals surface area contributed by atoms with E-state index in [2.05, 4.69) is 10.6 Å². The van der Waals surface area contributed by atoms with Crippen LogP contribution in [-0.2, 0) is 9.53 Å². The number of anilines is 2. The summed E-state index contributed by atoms with van der Waals surface area (Å²) in [5.41, 5.74) is 6.90. The molecule has 0 atom stereocenters. The van der Waals surface area contributed by atoms with Crippen LogP contribution in [0.15, 0.2) is 42.5 Å². The predicted octanol–water partition coefficient (Wildman–Crippen LogP) is 2.47. The summed E-state index contributed by atoms with van der Waals surface area (Å²) in [7, 11) is 0. The van der Waals surface area contributed by atoms with E-state index in [1.165, 1.54) is 24.3 Å². The van der Waals surface area contributed by atoms with Gasteiger partial charge in [-0.2, -0.15) is 0 Å². The van der Waals surface area contributed by atoms with E-state index in [4.69, 9.17) is 22.1 Å². The highest BCUT2D eigenvalue weighted by Gasteiger charge is 2.12. The van der Waals surface area contributed by atoms with Crippen molar-refractivity contribution in [2.45, 2.75) is 6.92 Å². The highest BCUT2D eigenvalue weighted by Crippen LogP contribution is 2.20. The number of ether oxygens (including phenoxy) is 1. The second kappa shape index (κ2) is 8.87. The van der Waals surface area contributed by atoms with Crippen LogP contribution in [0.5, 0.6) is 0 Å². The summed E-state index contributed by atoms with van der Waals surface area (Å²) in [4.78, 5) is 35.7. The van der Waals surface area contributed by atoms with Gasteiger partial charge in [0.25, 0.3) is 11.8 Å². The fourth-order valence-electron chi connectivity index (χ4n) is 2.08. The zero-order valence-corrected chi connectivity index (χ0v) is 14.8. The molecule has 0 aliphatic rings. The molecule has 0 radical (unpaired) electrons.